The molecule has 3 aliphatic rings. The molecule has 3 heterocycles. The molecule has 1 aromatic carbocycles. The first-order valence-electron chi connectivity index (χ1n) is 11.6. The third kappa shape index (κ3) is 3.78. The molecule has 186 valence electrons. The summed E-state index contributed by atoms with van der Waals surface area (Å²) in [7, 11) is 1.58. The number of fused-ring (bicyclic) bond motifs is 1. The van der Waals surface area contributed by atoms with Gasteiger partial charge in [0, 0.05) is 17.1 Å². The third-order valence-electron chi connectivity index (χ3n) is 7.84. The lowest BCUT2D eigenvalue weighted by molar-refractivity contribution is -0.143. The highest BCUT2D eigenvalue weighted by Crippen LogP contribution is 2.68. The first-order chi connectivity index (χ1) is 16.1. The number of para-hydroxylation sites is 1. The van der Waals surface area contributed by atoms with E-state index in [1.165, 1.54) is 0 Å². The molecule has 3 aliphatic heterocycles. The zero-order valence-corrected chi connectivity index (χ0v) is 22.8. The molecule has 3 saturated heterocycles. The van der Waals surface area contributed by atoms with Crippen LogP contribution in [0.1, 0.15) is 32.3 Å². The van der Waals surface area contributed by atoms with Crippen molar-refractivity contribution >= 4 is 62.7 Å². The van der Waals surface area contributed by atoms with Crippen LogP contribution in [0.5, 0.6) is 0 Å². The molecule has 3 fully saturated rings. The van der Waals surface area contributed by atoms with E-state index in [0.29, 0.717) is 17.1 Å². The summed E-state index contributed by atoms with van der Waals surface area (Å²) >= 11 is 11.7. The number of aliphatic hydroxyl groups is 1. The van der Waals surface area contributed by atoms with E-state index in [4.69, 9.17) is 11.6 Å². The first-order valence-corrected chi connectivity index (χ1v) is 13.8. The van der Waals surface area contributed by atoms with Gasteiger partial charge in [-0.1, -0.05) is 59.9 Å². The summed E-state index contributed by atoms with van der Waals surface area (Å²) in [5.41, 5.74) is 1.33. The van der Waals surface area contributed by atoms with Crippen LogP contribution in [-0.4, -0.2) is 68.3 Å². The summed E-state index contributed by atoms with van der Waals surface area (Å²) in [5, 5.41) is 16.4. The maximum atomic E-state index is 14.0. The number of carbonyl (C=O) groups is 3. The summed E-state index contributed by atoms with van der Waals surface area (Å²) in [4.78, 5) is 42.6. The summed E-state index contributed by atoms with van der Waals surface area (Å²) in [6.45, 7) is 5.58. The Morgan fingerprint density at radius 1 is 1.38 bits per heavy atom. The maximum Gasteiger partial charge on any atom is 0.248 e. The van der Waals surface area contributed by atoms with Gasteiger partial charge in [-0.05, 0) is 30.9 Å². The van der Waals surface area contributed by atoms with Crippen LogP contribution in [-0.2, 0) is 14.4 Å². The van der Waals surface area contributed by atoms with Crippen molar-refractivity contribution in [2.24, 2.45) is 17.8 Å². The Labute approximate surface area is 217 Å². The van der Waals surface area contributed by atoms with Crippen LogP contribution >= 0.6 is 39.3 Å². The number of aryl methyl sites for hydroxylation is 1. The maximum absolute atomic E-state index is 14.0. The Morgan fingerprint density at radius 2 is 2.09 bits per heavy atom. The van der Waals surface area contributed by atoms with Gasteiger partial charge in [0.1, 0.15) is 6.04 Å². The number of alkyl halides is 1. The van der Waals surface area contributed by atoms with Gasteiger partial charge in [-0.2, -0.15) is 0 Å². The summed E-state index contributed by atoms with van der Waals surface area (Å²) in [5.74, 6) is -1.94. The minimum Gasteiger partial charge on any atom is -0.394 e. The molecule has 34 heavy (non-hydrogen) atoms. The van der Waals surface area contributed by atoms with Crippen molar-refractivity contribution in [2.45, 2.75) is 60.5 Å². The van der Waals surface area contributed by atoms with Crippen LogP contribution in [0.15, 0.2) is 18.2 Å². The van der Waals surface area contributed by atoms with E-state index in [-0.39, 0.29) is 40.3 Å². The zero-order chi connectivity index (χ0) is 24.9. The Morgan fingerprint density at radius 3 is 2.68 bits per heavy atom. The quantitative estimate of drug-likeness (QED) is 0.436. The number of amides is 3. The third-order valence-corrected chi connectivity index (χ3v) is 11.4. The largest absolute Gasteiger partial charge is 0.394 e. The standard InChI is InChI=1S/C24H31BrClN3O4S/c1-5-11(2)15(10-30)29-20(22(32)28-18-12(3)7-6-8-14(18)26)24-9-13(25)19(34-24)16(21(31)27-4)17(24)23(29)33/h6-8,11,13,15-17,19-20,30H,5,9-10H2,1-4H3,(H,27,31)(H,28,32)/t11-,13?,15-,16+,17-,19+,20?,24?/m0/s1. The topological polar surface area (TPSA) is 98.7 Å². The van der Waals surface area contributed by atoms with Gasteiger partial charge in [-0.25, -0.2) is 0 Å². The number of rotatable bonds is 7. The number of nitrogens with one attached hydrogen (secondary N) is 2. The fourth-order valence-corrected chi connectivity index (χ4v) is 9.86. The van der Waals surface area contributed by atoms with Crippen LogP contribution in [0.25, 0.3) is 0 Å². The highest BCUT2D eigenvalue weighted by molar-refractivity contribution is 9.09. The number of benzene rings is 1. The highest BCUT2D eigenvalue weighted by Gasteiger charge is 2.76. The molecule has 3 amide bonds. The van der Waals surface area contributed by atoms with Crippen molar-refractivity contribution < 1.29 is 19.5 Å². The monoisotopic (exact) mass is 571 g/mol. The van der Waals surface area contributed by atoms with Crippen molar-refractivity contribution in [2.75, 3.05) is 19.0 Å². The van der Waals surface area contributed by atoms with Crippen molar-refractivity contribution in [1.29, 1.82) is 0 Å². The molecule has 8 atom stereocenters. The zero-order valence-electron chi connectivity index (χ0n) is 19.7. The van der Waals surface area contributed by atoms with E-state index in [9.17, 15) is 19.5 Å². The van der Waals surface area contributed by atoms with Gasteiger partial charge in [-0.15, -0.1) is 11.8 Å². The van der Waals surface area contributed by atoms with Gasteiger partial charge in [0.2, 0.25) is 17.7 Å². The molecule has 4 rings (SSSR count). The van der Waals surface area contributed by atoms with Crippen LogP contribution in [0, 0.1) is 24.7 Å². The lowest BCUT2D eigenvalue weighted by Gasteiger charge is -2.39. The van der Waals surface area contributed by atoms with Gasteiger partial charge in [0.05, 0.1) is 39.9 Å². The summed E-state index contributed by atoms with van der Waals surface area (Å²) in [6, 6.07) is 4.03. The van der Waals surface area contributed by atoms with Crippen LogP contribution < -0.4 is 10.6 Å². The Kier molecular flexibility index (Phi) is 7.31. The van der Waals surface area contributed by atoms with Gasteiger partial charge in [0.25, 0.3) is 0 Å². The second kappa shape index (κ2) is 9.64. The number of carbonyl (C=O) groups excluding carboxylic acids is 3. The molecular formula is C24H31BrClN3O4S. The van der Waals surface area contributed by atoms with Gasteiger partial charge < -0.3 is 20.6 Å². The van der Waals surface area contributed by atoms with Crippen LogP contribution in [0.2, 0.25) is 5.02 Å². The second-order valence-corrected chi connectivity index (χ2v) is 12.7. The lowest BCUT2D eigenvalue weighted by atomic mass is 9.70. The number of nitrogens with zero attached hydrogens (tertiary/aromatic N) is 1. The number of aliphatic hydroxyl groups excluding tert-OH is 1. The number of likely N-dealkylation sites (tertiary alicyclic amines) is 1. The van der Waals surface area contributed by atoms with Gasteiger partial charge >= 0.3 is 0 Å². The number of anilines is 1. The van der Waals surface area contributed by atoms with E-state index in [1.54, 1.807) is 29.8 Å². The normalized spacial score (nSPS) is 33.6. The minimum absolute atomic E-state index is 0.00248. The van der Waals surface area contributed by atoms with Crippen molar-refractivity contribution in [3.8, 4) is 0 Å². The molecule has 3 unspecified atom stereocenters. The first kappa shape index (κ1) is 25.8. The molecule has 1 aromatic rings. The van der Waals surface area contributed by atoms with E-state index < -0.39 is 28.7 Å². The van der Waals surface area contributed by atoms with E-state index >= 15 is 0 Å². The van der Waals surface area contributed by atoms with Crippen molar-refractivity contribution in [3.63, 3.8) is 0 Å². The van der Waals surface area contributed by atoms with Crippen LogP contribution in [0.3, 0.4) is 0 Å². The summed E-state index contributed by atoms with van der Waals surface area (Å²) in [6.07, 6.45) is 1.32. The SMILES string of the molecule is CC[C@H](C)[C@H](CO)N1C(=O)[C@@H]2[C@@H](C(=O)NC)[C@@H]3SC2(CC3Br)C1C(=O)Nc1c(C)cccc1Cl. The Hall–Kier alpha value is -1.29. The molecule has 0 aliphatic carbocycles. The molecule has 10 heteroatoms. The molecule has 1 spiro atoms. The molecule has 0 aromatic heterocycles. The van der Waals surface area contributed by atoms with Gasteiger partial charge in [0.15, 0.2) is 0 Å². The number of thioether (sulfide) groups is 1. The molecule has 7 nitrogen and oxygen atoms in total. The van der Waals surface area contributed by atoms with Gasteiger partial charge in [-0.3, -0.25) is 14.4 Å². The van der Waals surface area contributed by atoms with Crippen molar-refractivity contribution in [3.05, 3.63) is 28.8 Å². The molecule has 0 radical (unpaired) electrons. The molecular weight excluding hydrogens is 542 g/mol. The van der Waals surface area contributed by atoms with E-state index in [2.05, 4.69) is 26.6 Å². The Bertz CT molecular complexity index is 992. The second-order valence-electron chi connectivity index (χ2n) is 9.58. The summed E-state index contributed by atoms with van der Waals surface area (Å²) < 4.78 is -0.771. The fourth-order valence-electron chi connectivity index (χ4n) is 5.99. The van der Waals surface area contributed by atoms with E-state index in [1.807, 2.05) is 32.9 Å². The number of hydrogen-bond acceptors (Lipinski definition) is 5. The number of hydrogen-bond donors (Lipinski definition) is 3. The smallest absolute Gasteiger partial charge is 0.248 e. The Balaban J connectivity index is 1.82. The predicted octanol–water partition coefficient (Wildman–Crippen LogP) is 3.20. The van der Waals surface area contributed by atoms with Crippen LogP contribution in [0.4, 0.5) is 5.69 Å². The molecule has 3 N–H and O–H groups in total. The average molecular weight is 573 g/mol. The fraction of sp³-hybridized carbons (Fsp3) is 0.625. The highest BCUT2D eigenvalue weighted by atomic mass is 79.9. The van der Waals surface area contributed by atoms with E-state index in [0.717, 1.165) is 12.0 Å². The molecule has 2 bridgehead atoms. The molecule has 0 saturated carbocycles. The minimum atomic E-state index is -0.837. The average Bonchev–Trinajstić information content (AvgIpc) is 3.40. The lowest BCUT2D eigenvalue weighted by Crippen LogP contribution is -2.56. The predicted molar refractivity (Wildman–Crippen MR) is 138 cm³/mol. The number of halogens is 2. The van der Waals surface area contributed by atoms with Crippen molar-refractivity contribution in [1.82, 2.24) is 10.2 Å².